The normalized spacial score (nSPS) is 14.8. The van der Waals surface area contributed by atoms with Gasteiger partial charge in [-0.3, -0.25) is 23.5 Å². The van der Waals surface area contributed by atoms with Gasteiger partial charge in [-0.05, 0) is 11.1 Å². The van der Waals surface area contributed by atoms with Gasteiger partial charge >= 0.3 is 26.5 Å². The molecule has 0 bridgehead atoms. The van der Waals surface area contributed by atoms with Gasteiger partial charge in [-0.1, -0.05) is 48.5 Å². The topological polar surface area (TPSA) is 263 Å². The van der Waals surface area contributed by atoms with Crippen molar-refractivity contribution in [2.75, 3.05) is 6.61 Å². The number of aliphatic hydroxyl groups excluding tert-OH is 1. The third-order valence-electron chi connectivity index (χ3n) is 6.04. The Morgan fingerprint density at radius 1 is 0.721 bits per heavy atom. The van der Waals surface area contributed by atoms with Gasteiger partial charge in [-0.15, -0.1) is 0 Å². The molecule has 0 aliphatic rings. The molecule has 0 radical (unpaired) electrons. The van der Waals surface area contributed by atoms with E-state index in [9.17, 15) is 41.1 Å². The van der Waals surface area contributed by atoms with Gasteiger partial charge in [0.1, 0.15) is 18.1 Å². The minimum atomic E-state index is -5.86. The lowest BCUT2D eigenvalue weighted by molar-refractivity contribution is -0.132. The molecule has 0 saturated carbocycles. The Morgan fingerprint density at radius 2 is 1.07 bits per heavy atom. The molecular weight excluding hydrogens is 630 g/mol. The van der Waals surface area contributed by atoms with Crippen molar-refractivity contribution >= 4 is 32.9 Å². The fourth-order valence-electron chi connectivity index (χ4n) is 3.56. The Hall–Kier alpha value is -3.21. The van der Waals surface area contributed by atoms with Crippen LogP contribution < -0.4 is 22.1 Å². The third kappa shape index (κ3) is 8.90. The summed E-state index contributed by atoms with van der Waals surface area (Å²) < 4.78 is 78.0. The first-order valence-electron chi connectivity index (χ1n) is 11.9. The van der Waals surface area contributed by atoms with E-state index < -0.39 is 92.9 Å². The molecule has 238 valence electrons. The van der Waals surface area contributed by atoms with Gasteiger partial charge in [-0.2, -0.15) is 17.6 Å². The van der Waals surface area contributed by atoms with Gasteiger partial charge in [0.05, 0.1) is 6.61 Å². The second kappa shape index (κ2) is 13.6. The van der Waals surface area contributed by atoms with E-state index in [0.29, 0.717) is 24.3 Å². The molecule has 2 rings (SSSR count). The Labute approximate surface area is 240 Å². The zero-order chi connectivity index (χ0) is 33.0. The van der Waals surface area contributed by atoms with Crippen LogP contribution in [0.5, 0.6) is 0 Å². The number of amides is 3. The fraction of sp³-hybridized carbons (Fsp3) is 0.348. The van der Waals surface area contributed by atoms with Crippen molar-refractivity contribution in [1.29, 1.82) is 0 Å². The lowest BCUT2D eigenvalue weighted by Crippen LogP contribution is -2.56. The molecule has 0 heterocycles. The van der Waals surface area contributed by atoms with Crippen molar-refractivity contribution in [3.8, 4) is 0 Å². The molecule has 3 unspecified atom stereocenters. The van der Waals surface area contributed by atoms with Crippen molar-refractivity contribution in [3.05, 3.63) is 70.8 Å². The van der Waals surface area contributed by atoms with Crippen LogP contribution >= 0.6 is 15.2 Å². The number of rotatable bonds is 14. The average molecular weight is 658 g/mol. The van der Waals surface area contributed by atoms with Gasteiger partial charge < -0.3 is 46.8 Å². The summed E-state index contributed by atoms with van der Waals surface area (Å²) in [6.45, 7) is -0.826. The molecule has 0 aromatic heterocycles. The third-order valence-corrected chi connectivity index (χ3v) is 8.02. The van der Waals surface area contributed by atoms with Gasteiger partial charge in [0.2, 0.25) is 17.7 Å². The SMILES string of the molecule is NC(=O)C(Cc1ccc(C(F)(F)P(=O)(O)O)cc1)NC(=O)C(Cc1ccc(C(F)(F)P(=O)(O)O)cc1)NC(=O)C(N)CO. The van der Waals surface area contributed by atoms with Crippen LogP contribution in [0, 0.1) is 0 Å². The summed E-state index contributed by atoms with van der Waals surface area (Å²) in [7, 11) is -11.7. The second-order valence-corrected chi connectivity index (χ2v) is 12.6. The number of hydrogen-bond donors (Lipinski definition) is 9. The maximum Gasteiger partial charge on any atom is 0.399 e. The zero-order valence-electron chi connectivity index (χ0n) is 21.8. The average Bonchev–Trinajstić information content (AvgIpc) is 2.91. The molecule has 43 heavy (non-hydrogen) atoms. The number of benzene rings is 2. The highest BCUT2D eigenvalue weighted by Gasteiger charge is 2.51. The van der Waals surface area contributed by atoms with Gasteiger partial charge in [0.25, 0.3) is 0 Å². The maximum absolute atomic E-state index is 14.0. The van der Waals surface area contributed by atoms with Crippen LogP contribution in [-0.2, 0) is 47.7 Å². The standard InChI is InChI=1S/C23H28F4N4O10P2/c24-22(25,42(36,37)38)14-5-1-12(2-6-14)9-17(19(29)33)30-21(35)18(31-20(34)16(28)11-32)10-13-3-7-15(8-4-13)23(26,27)43(39,40)41/h1-8,16-18,32H,9-11,28H2,(H2,29,33)(H,30,35)(H,31,34)(H2,36,37,38)(H2,39,40,41). The second-order valence-electron chi connectivity index (χ2n) is 9.29. The molecule has 0 fully saturated rings. The molecule has 0 saturated heterocycles. The number of halogens is 4. The van der Waals surface area contributed by atoms with E-state index in [2.05, 4.69) is 10.6 Å². The number of carbonyl (C=O) groups excluding carboxylic acids is 3. The molecule has 0 spiro atoms. The number of hydrogen-bond acceptors (Lipinski definition) is 7. The van der Waals surface area contributed by atoms with E-state index in [1.807, 2.05) is 0 Å². The minimum Gasteiger partial charge on any atom is -0.394 e. The van der Waals surface area contributed by atoms with E-state index in [0.717, 1.165) is 24.3 Å². The maximum atomic E-state index is 14.0. The van der Waals surface area contributed by atoms with Crippen LogP contribution in [0.4, 0.5) is 17.6 Å². The van der Waals surface area contributed by atoms with E-state index in [1.165, 1.54) is 0 Å². The van der Waals surface area contributed by atoms with E-state index in [1.54, 1.807) is 0 Å². The lowest BCUT2D eigenvalue weighted by atomic mass is 10.0. The Kier molecular flexibility index (Phi) is 11.4. The van der Waals surface area contributed by atoms with Crippen LogP contribution in [-0.4, -0.2) is 67.1 Å². The van der Waals surface area contributed by atoms with Crippen molar-refractivity contribution in [3.63, 3.8) is 0 Å². The van der Waals surface area contributed by atoms with E-state index in [4.69, 9.17) is 36.1 Å². The highest BCUT2D eigenvalue weighted by Crippen LogP contribution is 2.60. The van der Waals surface area contributed by atoms with Crippen LogP contribution in [0.3, 0.4) is 0 Å². The Balaban J connectivity index is 2.29. The van der Waals surface area contributed by atoms with Crippen molar-refractivity contribution in [2.45, 2.75) is 42.3 Å². The summed E-state index contributed by atoms with van der Waals surface area (Å²) in [6, 6.07) is 2.23. The van der Waals surface area contributed by atoms with E-state index >= 15 is 0 Å². The van der Waals surface area contributed by atoms with E-state index in [-0.39, 0.29) is 11.1 Å². The first-order valence-corrected chi connectivity index (χ1v) is 15.2. The van der Waals surface area contributed by atoms with Crippen LogP contribution in [0.15, 0.2) is 48.5 Å². The van der Waals surface area contributed by atoms with Crippen LogP contribution in [0.25, 0.3) is 0 Å². The molecule has 3 atom stereocenters. The van der Waals surface area contributed by atoms with Crippen LogP contribution in [0.2, 0.25) is 0 Å². The molecule has 2 aromatic rings. The number of alkyl halides is 4. The molecule has 3 amide bonds. The van der Waals surface area contributed by atoms with Gasteiger partial charge in [0, 0.05) is 24.0 Å². The Morgan fingerprint density at radius 3 is 1.40 bits per heavy atom. The minimum absolute atomic E-state index is 0.0977. The predicted molar refractivity (Wildman–Crippen MR) is 140 cm³/mol. The monoisotopic (exact) mass is 658 g/mol. The summed E-state index contributed by atoms with van der Waals surface area (Å²) in [4.78, 5) is 73.0. The van der Waals surface area contributed by atoms with Crippen molar-refractivity contribution in [2.24, 2.45) is 11.5 Å². The first kappa shape index (κ1) is 36.0. The summed E-state index contributed by atoms with van der Waals surface area (Å²) in [5.41, 5.74) is -0.0165. The zero-order valence-corrected chi connectivity index (χ0v) is 23.6. The number of nitrogens with two attached hydrogens (primary N) is 2. The summed E-state index contributed by atoms with van der Waals surface area (Å²) in [5, 5.41) is 13.6. The first-order chi connectivity index (χ1) is 19.6. The highest BCUT2D eigenvalue weighted by atomic mass is 31.2. The van der Waals surface area contributed by atoms with Gasteiger partial charge in [0.15, 0.2) is 0 Å². The summed E-state index contributed by atoms with van der Waals surface area (Å²) >= 11 is 0. The number of carbonyl (C=O) groups is 3. The number of aliphatic hydroxyl groups is 1. The van der Waals surface area contributed by atoms with Crippen molar-refractivity contribution in [1.82, 2.24) is 10.6 Å². The molecule has 0 aliphatic carbocycles. The predicted octanol–water partition coefficient (Wildman–Crippen LogP) is -0.300. The molecular formula is C23H28F4N4O10P2. The summed E-state index contributed by atoms with van der Waals surface area (Å²) in [6.07, 6.45) is -0.832. The largest absolute Gasteiger partial charge is 0.399 e. The number of nitrogens with one attached hydrogen (secondary N) is 2. The molecule has 14 nitrogen and oxygen atoms in total. The Bertz CT molecular complexity index is 1420. The smallest absolute Gasteiger partial charge is 0.394 e. The van der Waals surface area contributed by atoms with Gasteiger partial charge in [-0.25, -0.2) is 0 Å². The molecule has 0 aliphatic heterocycles. The lowest BCUT2D eigenvalue weighted by Gasteiger charge is -2.24. The molecule has 11 N–H and O–H groups in total. The molecule has 2 aromatic carbocycles. The van der Waals surface area contributed by atoms with Crippen LogP contribution in [0.1, 0.15) is 22.3 Å². The fourth-order valence-corrected chi connectivity index (χ4v) is 4.53. The number of primary amides is 1. The summed E-state index contributed by atoms with van der Waals surface area (Å²) in [5.74, 6) is -3.19. The quantitative estimate of drug-likeness (QED) is 0.0940. The molecule has 20 heteroatoms. The highest BCUT2D eigenvalue weighted by molar-refractivity contribution is 7.52. The van der Waals surface area contributed by atoms with Crippen molar-refractivity contribution < 1.29 is 65.8 Å².